The van der Waals surface area contributed by atoms with Crippen LogP contribution in [0.15, 0.2) is 48.7 Å². The first-order chi connectivity index (χ1) is 20.9. The minimum Gasteiger partial charge on any atom is -0.493 e. The summed E-state index contributed by atoms with van der Waals surface area (Å²) in [5.41, 5.74) is 8.43. The summed E-state index contributed by atoms with van der Waals surface area (Å²) in [6.45, 7) is 11.2. The predicted molar refractivity (Wildman–Crippen MR) is 169 cm³/mol. The van der Waals surface area contributed by atoms with Crippen LogP contribution in [0.3, 0.4) is 0 Å². The van der Waals surface area contributed by atoms with E-state index in [9.17, 15) is 9.18 Å². The third kappa shape index (κ3) is 5.49. The van der Waals surface area contributed by atoms with Gasteiger partial charge in [0, 0.05) is 84.5 Å². The number of benzene rings is 1. The molecule has 9 heteroatoms. The van der Waals surface area contributed by atoms with E-state index in [1.807, 2.05) is 16.7 Å². The van der Waals surface area contributed by atoms with Crippen LogP contribution in [0.1, 0.15) is 47.7 Å². The number of nitrogens with one attached hydrogen (secondary N) is 1. The highest BCUT2D eigenvalue weighted by Crippen LogP contribution is 2.37. The Morgan fingerprint density at radius 3 is 2.58 bits per heavy atom. The Balaban J connectivity index is 1.39. The number of anilines is 1. The molecule has 5 heterocycles. The van der Waals surface area contributed by atoms with Gasteiger partial charge in [0.2, 0.25) is 0 Å². The number of ether oxygens (including phenoxy) is 1. The largest absolute Gasteiger partial charge is 0.493 e. The molecule has 2 aliphatic rings. The summed E-state index contributed by atoms with van der Waals surface area (Å²) in [6, 6.07) is 11.9. The maximum absolute atomic E-state index is 14.1. The minimum atomic E-state index is -0.438. The first-order valence-corrected chi connectivity index (χ1v) is 15.2. The van der Waals surface area contributed by atoms with E-state index in [4.69, 9.17) is 9.72 Å². The number of carbonyl (C=O) groups excluding carboxylic acids is 1. The summed E-state index contributed by atoms with van der Waals surface area (Å²) in [5, 5.41) is 4.57. The van der Waals surface area contributed by atoms with Gasteiger partial charge in [0.05, 0.1) is 18.8 Å². The molecule has 0 spiro atoms. The number of piperazine rings is 1. The van der Waals surface area contributed by atoms with Crippen molar-refractivity contribution in [2.45, 2.75) is 40.2 Å². The van der Waals surface area contributed by atoms with E-state index in [2.05, 4.69) is 65.1 Å². The Bertz CT molecular complexity index is 1700. The average Bonchev–Trinajstić information content (AvgIpc) is 3.43. The number of nitrogens with zero attached hydrogens (tertiary/aromatic N) is 5. The van der Waals surface area contributed by atoms with Crippen molar-refractivity contribution in [3.05, 3.63) is 77.1 Å². The molecule has 0 unspecified atom stereocenters. The molecule has 0 bridgehead atoms. The zero-order chi connectivity index (χ0) is 30.1. The zero-order valence-electron chi connectivity index (χ0n) is 25.4. The number of aromatic nitrogens is 3. The molecule has 3 aromatic heterocycles. The number of hydrogen-bond donors (Lipinski definition) is 1. The minimum absolute atomic E-state index is 0.00398. The monoisotopic (exact) mass is 582 g/mol. The molecule has 43 heavy (non-hydrogen) atoms. The fourth-order valence-electron chi connectivity index (χ4n) is 6.41. The second kappa shape index (κ2) is 12.2. The Kier molecular flexibility index (Phi) is 8.17. The van der Waals surface area contributed by atoms with E-state index in [-0.39, 0.29) is 5.91 Å². The highest BCUT2D eigenvalue weighted by atomic mass is 19.1. The third-order valence-electron chi connectivity index (χ3n) is 8.54. The Morgan fingerprint density at radius 2 is 1.88 bits per heavy atom. The van der Waals surface area contributed by atoms with Crippen molar-refractivity contribution in [3.63, 3.8) is 0 Å². The van der Waals surface area contributed by atoms with Gasteiger partial charge in [-0.3, -0.25) is 9.78 Å². The van der Waals surface area contributed by atoms with Crippen molar-refractivity contribution < 1.29 is 13.9 Å². The maximum atomic E-state index is 14.1. The van der Waals surface area contributed by atoms with Crippen LogP contribution in [0.5, 0.6) is 5.75 Å². The van der Waals surface area contributed by atoms with Gasteiger partial charge in [0.15, 0.2) is 11.6 Å². The number of halogens is 1. The smallest absolute Gasteiger partial charge is 0.254 e. The normalized spacial score (nSPS) is 15.6. The first-order valence-electron chi connectivity index (χ1n) is 15.2. The van der Waals surface area contributed by atoms with Gasteiger partial charge in [0.25, 0.3) is 5.91 Å². The number of hydrogen-bond acceptors (Lipinski definition) is 6. The summed E-state index contributed by atoms with van der Waals surface area (Å²) < 4.78 is 21.5. The van der Waals surface area contributed by atoms with Gasteiger partial charge in [-0.05, 0) is 63.1 Å². The molecule has 1 saturated heterocycles. The molecule has 6 rings (SSSR count). The Hall–Kier alpha value is -4.24. The lowest BCUT2D eigenvalue weighted by Crippen LogP contribution is -2.49. The van der Waals surface area contributed by atoms with E-state index in [0.29, 0.717) is 43.3 Å². The molecule has 2 aliphatic heterocycles. The van der Waals surface area contributed by atoms with Crippen LogP contribution in [0.4, 0.5) is 10.2 Å². The standard InChI is InChI=1S/C34H39FN6O2/c1-5-29-27(10-9-22(3)38-29)28-17-25(16-24-18-30(41(6-2)32(24)28)23-8-7-11-36-20-23)34(42)40-14-12-39(13-15-40)33-31(43-4)19-26(35)21-37-33/h8-10,16-19,21,36H,5-7,11-15,20H2,1-4H3. The lowest BCUT2D eigenvalue weighted by atomic mass is 9.96. The molecule has 0 radical (unpaired) electrons. The molecular weight excluding hydrogens is 543 g/mol. The van der Waals surface area contributed by atoms with Crippen LogP contribution in [-0.2, 0) is 13.0 Å². The summed E-state index contributed by atoms with van der Waals surface area (Å²) in [6.07, 6.45) is 5.34. The lowest BCUT2D eigenvalue weighted by Gasteiger charge is -2.36. The highest BCUT2D eigenvalue weighted by molar-refractivity contribution is 6.05. The van der Waals surface area contributed by atoms with Crippen LogP contribution in [-0.4, -0.2) is 71.7 Å². The second-order valence-electron chi connectivity index (χ2n) is 11.2. The molecule has 0 atom stereocenters. The molecule has 4 aromatic rings. The van der Waals surface area contributed by atoms with Gasteiger partial charge in [0.1, 0.15) is 5.82 Å². The molecule has 224 valence electrons. The van der Waals surface area contributed by atoms with Crippen LogP contribution in [0.2, 0.25) is 0 Å². The quantitative estimate of drug-likeness (QED) is 0.311. The third-order valence-corrected chi connectivity index (χ3v) is 8.54. The van der Waals surface area contributed by atoms with Crippen molar-refractivity contribution in [2.75, 3.05) is 51.3 Å². The van der Waals surface area contributed by atoms with E-state index in [1.54, 1.807) is 0 Å². The predicted octanol–water partition coefficient (Wildman–Crippen LogP) is 5.48. The number of carbonyl (C=O) groups is 1. The zero-order valence-corrected chi connectivity index (χ0v) is 25.4. The fourth-order valence-corrected chi connectivity index (χ4v) is 6.41. The van der Waals surface area contributed by atoms with Crippen LogP contribution >= 0.6 is 0 Å². The molecule has 0 saturated carbocycles. The Morgan fingerprint density at radius 1 is 1.07 bits per heavy atom. The van der Waals surface area contributed by atoms with Crippen molar-refractivity contribution in [3.8, 4) is 16.9 Å². The molecule has 1 fully saturated rings. The van der Waals surface area contributed by atoms with Gasteiger partial charge in [-0.1, -0.05) is 19.1 Å². The molecule has 1 N–H and O–H groups in total. The van der Waals surface area contributed by atoms with Gasteiger partial charge in [-0.25, -0.2) is 9.37 Å². The number of amides is 1. The number of fused-ring (bicyclic) bond motifs is 1. The van der Waals surface area contributed by atoms with Crippen molar-refractivity contribution in [2.24, 2.45) is 0 Å². The number of aryl methyl sites for hydroxylation is 3. The summed E-state index contributed by atoms with van der Waals surface area (Å²) in [4.78, 5) is 27.2. The van der Waals surface area contributed by atoms with Gasteiger partial charge < -0.3 is 24.4 Å². The second-order valence-corrected chi connectivity index (χ2v) is 11.2. The van der Waals surface area contributed by atoms with Crippen molar-refractivity contribution in [1.82, 2.24) is 24.8 Å². The molecule has 0 aliphatic carbocycles. The molecule has 1 amide bonds. The van der Waals surface area contributed by atoms with E-state index >= 15 is 0 Å². The van der Waals surface area contributed by atoms with Gasteiger partial charge >= 0.3 is 0 Å². The molecular formula is C34H39FN6O2. The SMILES string of the molecule is CCc1nc(C)ccc1-c1cc(C(=O)N2CCN(c3ncc(F)cc3OC)CC2)cc2cc(C3=CCCNC3)n(CC)c12. The van der Waals surface area contributed by atoms with Crippen LogP contribution in [0.25, 0.3) is 27.6 Å². The fraction of sp³-hybridized carbons (Fsp3) is 0.382. The van der Waals surface area contributed by atoms with E-state index in [1.165, 1.54) is 30.6 Å². The average molecular weight is 583 g/mol. The van der Waals surface area contributed by atoms with Crippen molar-refractivity contribution >= 4 is 28.2 Å². The molecule has 8 nitrogen and oxygen atoms in total. The molecule has 1 aromatic carbocycles. The summed E-state index contributed by atoms with van der Waals surface area (Å²) >= 11 is 0. The summed E-state index contributed by atoms with van der Waals surface area (Å²) in [7, 11) is 1.51. The number of pyridine rings is 2. The van der Waals surface area contributed by atoms with Crippen LogP contribution in [0, 0.1) is 12.7 Å². The number of rotatable bonds is 7. The first kappa shape index (κ1) is 28.9. The van der Waals surface area contributed by atoms with Gasteiger partial charge in [-0.2, -0.15) is 0 Å². The lowest BCUT2D eigenvalue weighted by molar-refractivity contribution is 0.0746. The van der Waals surface area contributed by atoms with E-state index < -0.39 is 5.82 Å². The van der Waals surface area contributed by atoms with Crippen molar-refractivity contribution in [1.29, 1.82) is 0 Å². The van der Waals surface area contributed by atoms with Gasteiger partial charge in [-0.15, -0.1) is 0 Å². The number of methoxy groups -OCH3 is 1. The summed E-state index contributed by atoms with van der Waals surface area (Å²) in [5.74, 6) is 0.558. The highest BCUT2D eigenvalue weighted by Gasteiger charge is 2.27. The van der Waals surface area contributed by atoms with E-state index in [0.717, 1.165) is 65.9 Å². The Labute approximate surface area is 252 Å². The van der Waals surface area contributed by atoms with Crippen LogP contribution < -0.4 is 15.0 Å². The topological polar surface area (TPSA) is 75.5 Å². The maximum Gasteiger partial charge on any atom is 0.254 e.